The number of carbonyl (C=O) groups excluding carboxylic acids is 1. The summed E-state index contributed by atoms with van der Waals surface area (Å²) < 4.78 is 5.49. The molecule has 1 unspecified atom stereocenters. The lowest BCUT2D eigenvalue weighted by molar-refractivity contribution is 0.0777. The monoisotopic (exact) mass is 320 g/mol. The lowest BCUT2D eigenvalue weighted by Gasteiger charge is -2.32. The van der Waals surface area contributed by atoms with Crippen LogP contribution >= 0.6 is 0 Å². The number of nitrogens with one attached hydrogen (secondary N) is 1. The Morgan fingerprint density at radius 1 is 1.39 bits per heavy atom. The molecule has 2 amide bonds. The number of aromatic nitrogens is 2. The molecule has 23 heavy (non-hydrogen) atoms. The van der Waals surface area contributed by atoms with E-state index in [0.717, 1.165) is 45.0 Å². The van der Waals surface area contributed by atoms with Crippen LogP contribution in [0.5, 0.6) is 0 Å². The lowest BCUT2D eigenvalue weighted by atomic mass is 9.96. The molecule has 1 fully saturated rings. The zero-order valence-corrected chi connectivity index (χ0v) is 14.6. The summed E-state index contributed by atoms with van der Waals surface area (Å²) in [5, 5.41) is 2.89. The van der Waals surface area contributed by atoms with Crippen LogP contribution in [0.1, 0.15) is 46.4 Å². The average Bonchev–Trinajstić information content (AvgIpc) is 2.53. The molecule has 0 saturated carbocycles. The molecule has 1 aromatic rings. The molecule has 1 saturated heterocycles. The summed E-state index contributed by atoms with van der Waals surface area (Å²) in [5.41, 5.74) is 0.539. The van der Waals surface area contributed by atoms with Gasteiger partial charge in [0.25, 0.3) is 0 Å². The minimum Gasteiger partial charge on any atom is -0.381 e. The number of anilines is 1. The van der Waals surface area contributed by atoms with Crippen molar-refractivity contribution in [2.45, 2.75) is 46.0 Å². The maximum absolute atomic E-state index is 12.4. The second kappa shape index (κ2) is 7.73. The summed E-state index contributed by atoms with van der Waals surface area (Å²) in [6, 6.07) is -0.0849. The van der Waals surface area contributed by atoms with Crippen molar-refractivity contribution in [2.24, 2.45) is 5.92 Å². The van der Waals surface area contributed by atoms with Crippen molar-refractivity contribution >= 4 is 11.7 Å². The highest BCUT2D eigenvalue weighted by molar-refractivity contribution is 5.89. The Hall–Kier alpha value is -1.69. The molecular formula is C17H28N4O2. The summed E-state index contributed by atoms with van der Waals surface area (Å²) in [6.07, 6.45) is 5.48. The van der Waals surface area contributed by atoms with Crippen molar-refractivity contribution in [3.8, 4) is 0 Å². The van der Waals surface area contributed by atoms with E-state index in [0.29, 0.717) is 11.6 Å². The maximum atomic E-state index is 12.4. The molecular weight excluding hydrogens is 292 g/mol. The zero-order chi connectivity index (χ0) is 16.9. The van der Waals surface area contributed by atoms with Crippen LogP contribution in [0.4, 0.5) is 10.5 Å². The maximum Gasteiger partial charge on any atom is 0.321 e. The molecule has 1 atom stereocenters. The van der Waals surface area contributed by atoms with Gasteiger partial charge >= 0.3 is 6.03 Å². The molecule has 0 aliphatic carbocycles. The highest BCUT2D eigenvalue weighted by Crippen LogP contribution is 2.20. The largest absolute Gasteiger partial charge is 0.381 e. The predicted octanol–water partition coefficient (Wildman–Crippen LogP) is 3.05. The van der Waals surface area contributed by atoms with Crippen molar-refractivity contribution in [1.29, 1.82) is 0 Å². The highest BCUT2D eigenvalue weighted by Gasteiger charge is 2.24. The summed E-state index contributed by atoms with van der Waals surface area (Å²) in [7, 11) is 0. The van der Waals surface area contributed by atoms with Gasteiger partial charge in [-0.3, -0.25) is 0 Å². The van der Waals surface area contributed by atoms with Gasteiger partial charge in [-0.1, -0.05) is 20.8 Å². The second-order valence-corrected chi connectivity index (χ2v) is 7.09. The Bertz CT molecular complexity index is 510. The Morgan fingerprint density at radius 2 is 2.09 bits per heavy atom. The van der Waals surface area contributed by atoms with E-state index < -0.39 is 0 Å². The molecule has 6 heteroatoms. The van der Waals surface area contributed by atoms with E-state index in [-0.39, 0.29) is 11.4 Å². The topological polar surface area (TPSA) is 67.3 Å². The lowest BCUT2D eigenvalue weighted by Crippen LogP contribution is -2.43. The fourth-order valence-electron chi connectivity index (χ4n) is 2.65. The van der Waals surface area contributed by atoms with Crippen LogP contribution in [-0.4, -0.2) is 47.2 Å². The average molecular weight is 320 g/mol. The summed E-state index contributed by atoms with van der Waals surface area (Å²) >= 11 is 0. The minimum atomic E-state index is -0.0953. The second-order valence-electron chi connectivity index (χ2n) is 7.09. The van der Waals surface area contributed by atoms with Gasteiger partial charge in [-0.15, -0.1) is 0 Å². The van der Waals surface area contributed by atoms with E-state index >= 15 is 0 Å². The van der Waals surface area contributed by atoms with E-state index in [1.165, 1.54) is 0 Å². The van der Waals surface area contributed by atoms with E-state index in [1.807, 2.05) is 11.8 Å². The smallest absolute Gasteiger partial charge is 0.321 e. The number of rotatable bonds is 4. The van der Waals surface area contributed by atoms with Gasteiger partial charge in [0, 0.05) is 31.0 Å². The number of carbonyl (C=O) groups is 1. The summed E-state index contributed by atoms with van der Waals surface area (Å²) in [4.78, 5) is 22.9. The molecule has 1 aliphatic heterocycles. The number of ether oxygens (including phenoxy) is 1. The SMILES string of the molecule is CCOCC1CCCN(C(=O)Nc2cnc(C(C)(C)C)nc2)C1. The third-order valence-electron chi connectivity index (χ3n) is 3.94. The van der Waals surface area contributed by atoms with Gasteiger partial charge in [0.1, 0.15) is 5.82 Å². The van der Waals surface area contributed by atoms with Gasteiger partial charge in [-0.2, -0.15) is 0 Å². The first-order valence-corrected chi connectivity index (χ1v) is 8.36. The Morgan fingerprint density at radius 3 is 2.70 bits per heavy atom. The third kappa shape index (κ3) is 5.16. The van der Waals surface area contributed by atoms with Crippen molar-refractivity contribution < 1.29 is 9.53 Å². The van der Waals surface area contributed by atoms with Crippen LogP contribution in [0.2, 0.25) is 0 Å². The Balaban J connectivity index is 1.90. The minimum absolute atomic E-state index is 0.0849. The number of urea groups is 1. The van der Waals surface area contributed by atoms with Gasteiger partial charge in [0.2, 0.25) is 0 Å². The van der Waals surface area contributed by atoms with E-state index in [9.17, 15) is 4.79 Å². The van der Waals surface area contributed by atoms with E-state index in [4.69, 9.17) is 4.74 Å². The molecule has 0 aromatic carbocycles. The molecule has 1 N–H and O–H groups in total. The van der Waals surface area contributed by atoms with E-state index in [1.54, 1.807) is 12.4 Å². The van der Waals surface area contributed by atoms with Gasteiger partial charge < -0.3 is 15.0 Å². The van der Waals surface area contributed by atoms with Gasteiger partial charge in [0.05, 0.1) is 24.7 Å². The number of hydrogen-bond acceptors (Lipinski definition) is 4. The van der Waals surface area contributed by atoms with Crippen molar-refractivity contribution in [2.75, 3.05) is 31.6 Å². The predicted molar refractivity (Wildman–Crippen MR) is 90.5 cm³/mol. The van der Waals surface area contributed by atoms with Crippen molar-refractivity contribution in [3.63, 3.8) is 0 Å². The standard InChI is InChI=1S/C17H28N4O2/c1-5-23-12-13-7-6-8-21(11-13)16(22)20-14-9-18-15(19-10-14)17(2,3)4/h9-10,13H,5-8,11-12H2,1-4H3,(H,20,22). The van der Waals surface area contributed by atoms with Crippen LogP contribution in [0.15, 0.2) is 12.4 Å². The van der Waals surface area contributed by atoms with Crippen molar-refractivity contribution in [3.05, 3.63) is 18.2 Å². The van der Waals surface area contributed by atoms with Crippen LogP contribution in [0, 0.1) is 5.92 Å². The summed E-state index contributed by atoms with van der Waals surface area (Å²) in [6.45, 7) is 11.2. The van der Waals surface area contributed by atoms with Crippen LogP contribution in [0.3, 0.4) is 0 Å². The molecule has 0 bridgehead atoms. The quantitative estimate of drug-likeness (QED) is 0.926. The first-order valence-electron chi connectivity index (χ1n) is 8.36. The molecule has 6 nitrogen and oxygen atoms in total. The molecule has 1 aromatic heterocycles. The Kier molecular flexibility index (Phi) is 5.93. The normalized spacial score (nSPS) is 18.8. The number of likely N-dealkylation sites (tertiary alicyclic amines) is 1. The third-order valence-corrected chi connectivity index (χ3v) is 3.94. The molecule has 128 valence electrons. The first-order chi connectivity index (χ1) is 10.9. The fourth-order valence-corrected chi connectivity index (χ4v) is 2.65. The fraction of sp³-hybridized carbons (Fsp3) is 0.706. The van der Waals surface area contributed by atoms with Gasteiger partial charge in [-0.05, 0) is 19.8 Å². The Labute approximate surface area is 138 Å². The summed E-state index contributed by atoms with van der Waals surface area (Å²) in [5.74, 6) is 1.19. The van der Waals surface area contributed by atoms with E-state index in [2.05, 4.69) is 36.1 Å². The van der Waals surface area contributed by atoms with Gasteiger partial charge in [0.15, 0.2) is 0 Å². The van der Waals surface area contributed by atoms with Crippen LogP contribution in [-0.2, 0) is 10.2 Å². The number of nitrogens with zero attached hydrogens (tertiary/aromatic N) is 3. The number of piperidine rings is 1. The molecule has 2 rings (SSSR count). The molecule has 0 radical (unpaired) electrons. The first kappa shape index (κ1) is 17.7. The van der Waals surface area contributed by atoms with Crippen LogP contribution in [0.25, 0.3) is 0 Å². The number of hydrogen-bond donors (Lipinski definition) is 1. The van der Waals surface area contributed by atoms with Crippen LogP contribution < -0.4 is 5.32 Å². The molecule has 1 aliphatic rings. The highest BCUT2D eigenvalue weighted by atomic mass is 16.5. The van der Waals surface area contributed by atoms with Gasteiger partial charge in [-0.25, -0.2) is 14.8 Å². The molecule has 0 spiro atoms. The van der Waals surface area contributed by atoms with Crippen molar-refractivity contribution in [1.82, 2.24) is 14.9 Å². The molecule has 2 heterocycles. The zero-order valence-electron chi connectivity index (χ0n) is 14.6. The number of amides is 2.